The molecule has 1 aliphatic carbocycles. The van der Waals surface area contributed by atoms with Gasteiger partial charge in [-0.3, -0.25) is 4.79 Å². The van der Waals surface area contributed by atoms with E-state index in [-0.39, 0.29) is 5.91 Å². The van der Waals surface area contributed by atoms with Gasteiger partial charge in [0.15, 0.2) is 6.10 Å². The Labute approximate surface area is 158 Å². The first-order chi connectivity index (χ1) is 12.9. The van der Waals surface area contributed by atoms with Crippen LogP contribution in [0.15, 0.2) is 36.4 Å². The number of aromatic nitrogens is 2. The number of carbonyl (C=O) groups is 1. The maximum Gasteiger partial charge on any atom is 0.253 e. The highest BCUT2D eigenvalue weighted by Crippen LogP contribution is 2.38. The third kappa shape index (κ3) is 2.86. The molecule has 2 aromatic carbocycles. The molecular weight excluding hydrogens is 342 g/mol. The Morgan fingerprint density at radius 2 is 2.04 bits per heavy atom. The molecule has 1 heterocycles. The normalized spacial score (nSPS) is 18.6. The summed E-state index contributed by atoms with van der Waals surface area (Å²) < 4.78 is 8.21. The molecule has 1 amide bonds. The summed E-state index contributed by atoms with van der Waals surface area (Å²) in [4.78, 5) is 18.7. The van der Waals surface area contributed by atoms with Crippen molar-refractivity contribution >= 4 is 16.9 Å². The summed E-state index contributed by atoms with van der Waals surface area (Å²) in [5.41, 5.74) is 4.13. The van der Waals surface area contributed by atoms with E-state index >= 15 is 0 Å². The first kappa shape index (κ1) is 17.5. The van der Waals surface area contributed by atoms with E-state index in [4.69, 9.17) is 4.74 Å². The second kappa shape index (κ2) is 6.39. The minimum Gasteiger partial charge on any atom is -0.481 e. The van der Waals surface area contributed by atoms with Gasteiger partial charge in [-0.2, -0.15) is 0 Å². The van der Waals surface area contributed by atoms with Gasteiger partial charge < -0.3 is 19.3 Å². The van der Waals surface area contributed by atoms with Crippen molar-refractivity contribution < 1.29 is 14.6 Å². The number of nitrogens with zero attached hydrogens (tertiary/aromatic N) is 3. The second-order valence-electron chi connectivity index (χ2n) is 7.27. The SMILES string of the molecule is Cc1nc2c(O[C@H]3c4ccccc4C[C@@H]3O)cc(C(=O)N(C)C)cc2n1C. The van der Waals surface area contributed by atoms with Crippen LogP contribution in [-0.4, -0.2) is 45.7 Å². The molecule has 1 N–H and O–H groups in total. The van der Waals surface area contributed by atoms with E-state index in [0.717, 1.165) is 22.5 Å². The van der Waals surface area contributed by atoms with Crippen LogP contribution in [0.5, 0.6) is 5.75 Å². The lowest BCUT2D eigenvalue weighted by molar-refractivity contribution is 0.0503. The van der Waals surface area contributed by atoms with Gasteiger partial charge in [0.2, 0.25) is 0 Å². The van der Waals surface area contributed by atoms with E-state index in [9.17, 15) is 9.90 Å². The van der Waals surface area contributed by atoms with E-state index in [2.05, 4.69) is 4.98 Å². The van der Waals surface area contributed by atoms with Crippen LogP contribution in [0.25, 0.3) is 11.0 Å². The third-order valence-corrected chi connectivity index (χ3v) is 5.22. The molecule has 1 aliphatic rings. The summed E-state index contributed by atoms with van der Waals surface area (Å²) in [7, 11) is 5.36. The highest BCUT2D eigenvalue weighted by atomic mass is 16.5. The molecule has 6 heteroatoms. The van der Waals surface area contributed by atoms with Gasteiger partial charge in [0.25, 0.3) is 5.91 Å². The van der Waals surface area contributed by atoms with Crippen LogP contribution in [0.4, 0.5) is 0 Å². The highest BCUT2D eigenvalue weighted by molar-refractivity contribution is 5.99. The third-order valence-electron chi connectivity index (χ3n) is 5.22. The number of fused-ring (bicyclic) bond motifs is 2. The molecule has 0 radical (unpaired) electrons. The summed E-state index contributed by atoms with van der Waals surface area (Å²) in [6, 6.07) is 11.5. The predicted octanol–water partition coefficient (Wildman–Crippen LogP) is 2.62. The highest BCUT2D eigenvalue weighted by Gasteiger charge is 2.33. The van der Waals surface area contributed by atoms with E-state index in [1.807, 2.05) is 48.9 Å². The fourth-order valence-corrected chi connectivity index (χ4v) is 3.66. The Kier molecular flexibility index (Phi) is 4.15. The molecule has 1 aromatic heterocycles. The molecule has 3 aromatic rings. The number of ether oxygens (including phenoxy) is 1. The number of carbonyl (C=O) groups excluding carboxylic acids is 1. The molecule has 6 nitrogen and oxygen atoms in total. The molecule has 0 saturated carbocycles. The van der Waals surface area contributed by atoms with E-state index in [1.165, 1.54) is 4.90 Å². The molecule has 0 bridgehead atoms. The zero-order valence-corrected chi connectivity index (χ0v) is 15.9. The van der Waals surface area contributed by atoms with Gasteiger partial charge in [0.1, 0.15) is 17.1 Å². The maximum atomic E-state index is 12.5. The van der Waals surface area contributed by atoms with Crippen LogP contribution < -0.4 is 4.74 Å². The Balaban J connectivity index is 1.83. The van der Waals surface area contributed by atoms with Gasteiger partial charge in [-0.1, -0.05) is 24.3 Å². The average molecular weight is 365 g/mol. The largest absolute Gasteiger partial charge is 0.481 e. The molecule has 140 valence electrons. The molecule has 0 spiro atoms. The van der Waals surface area contributed by atoms with Crippen LogP contribution in [0.3, 0.4) is 0 Å². The minimum absolute atomic E-state index is 0.104. The lowest BCUT2D eigenvalue weighted by Gasteiger charge is -2.20. The fourth-order valence-electron chi connectivity index (χ4n) is 3.66. The molecular formula is C21H23N3O3. The van der Waals surface area contributed by atoms with E-state index in [1.54, 1.807) is 20.2 Å². The zero-order valence-electron chi connectivity index (χ0n) is 15.9. The summed E-state index contributed by atoms with van der Waals surface area (Å²) in [5, 5.41) is 10.5. The van der Waals surface area contributed by atoms with Crippen molar-refractivity contribution in [1.29, 1.82) is 0 Å². The number of benzene rings is 2. The first-order valence-corrected chi connectivity index (χ1v) is 8.98. The minimum atomic E-state index is -0.629. The van der Waals surface area contributed by atoms with Gasteiger partial charge in [-0.15, -0.1) is 0 Å². The molecule has 0 aliphatic heterocycles. The average Bonchev–Trinajstić information content (AvgIpc) is 3.11. The van der Waals surface area contributed by atoms with Crippen LogP contribution in [0.1, 0.15) is 33.4 Å². The topological polar surface area (TPSA) is 67.6 Å². The van der Waals surface area contributed by atoms with Crippen molar-refractivity contribution in [3.63, 3.8) is 0 Å². The van der Waals surface area contributed by atoms with Gasteiger partial charge in [0.05, 0.1) is 11.6 Å². The van der Waals surface area contributed by atoms with Crippen molar-refractivity contribution in [3.05, 3.63) is 58.9 Å². The summed E-state index contributed by atoms with van der Waals surface area (Å²) in [6.07, 6.45) is -0.548. The Bertz CT molecular complexity index is 1040. The van der Waals surface area contributed by atoms with Crippen LogP contribution in [-0.2, 0) is 13.5 Å². The van der Waals surface area contributed by atoms with Crippen LogP contribution >= 0.6 is 0 Å². The van der Waals surface area contributed by atoms with Crippen molar-refractivity contribution in [2.75, 3.05) is 14.1 Å². The first-order valence-electron chi connectivity index (χ1n) is 8.98. The van der Waals surface area contributed by atoms with Crippen molar-refractivity contribution in [1.82, 2.24) is 14.5 Å². The standard InChI is InChI=1S/C21H23N3O3/c1-12-22-19-16(24(12)4)9-14(21(26)23(2)3)11-18(19)27-20-15-8-6-5-7-13(15)10-17(20)25/h5-9,11,17,20,25H,10H2,1-4H3/t17-,20-/m0/s1. The summed E-state index contributed by atoms with van der Waals surface area (Å²) >= 11 is 0. The number of aliphatic hydroxyl groups is 1. The fraction of sp³-hybridized carbons (Fsp3) is 0.333. The van der Waals surface area contributed by atoms with Gasteiger partial charge in [0, 0.05) is 33.1 Å². The van der Waals surface area contributed by atoms with Gasteiger partial charge in [-0.05, 0) is 30.2 Å². The van der Waals surface area contributed by atoms with Crippen LogP contribution in [0.2, 0.25) is 0 Å². The van der Waals surface area contributed by atoms with Crippen LogP contribution in [0, 0.1) is 6.92 Å². The lowest BCUT2D eigenvalue weighted by Crippen LogP contribution is -2.22. The number of amides is 1. The Morgan fingerprint density at radius 3 is 2.78 bits per heavy atom. The molecule has 27 heavy (non-hydrogen) atoms. The molecule has 2 atom stereocenters. The van der Waals surface area contributed by atoms with Gasteiger partial charge >= 0.3 is 0 Å². The van der Waals surface area contributed by atoms with Gasteiger partial charge in [-0.25, -0.2) is 4.98 Å². The molecule has 4 rings (SSSR count). The maximum absolute atomic E-state index is 12.5. The van der Waals surface area contributed by atoms with Crippen molar-refractivity contribution in [2.45, 2.75) is 25.6 Å². The van der Waals surface area contributed by atoms with Crippen molar-refractivity contribution in [3.8, 4) is 5.75 Å². The van der Waals surface area contributed by atoms with E-state index in [0.29, 0.717) is 23.3 Å². The number of imidazole rings is 1. The smallest absolute Gasteiger partial charge is 0.253 e. The Morgan fingerprint density at radius 1 is 1.30 bits per heavy atom. The Hall–Kier alpha value is -2.86. The number of aliphatic hydroxyl groups excluding tert-OH is 1. The summed E-state index contributed by atoms with van der Waals surface area (Å²) in [6.45, 7) is 1.91. The molecule has 0 fully saturated rings. The number of hydrogen-bond acceptors (Lipinski definition) is 4. The lowest BCUT2D eigenvalue weighted by atomic mass is 10.1. The summed E-state index contributed by atoms with van der Waals surface area (Å²) in [5.74, 6) is 1.24. The second-order valence-corrected chi connectivity index (χ2v) is 7.27. The number of hydrogen-bond donors (Lipinski definition) is 1. The zero-order chi connectivity index (χ0) is 19.3. The van der Waals surface area contributed by atoms with E-state index < -0.39 is 12.2 Å². The molecule has 0 saturated heterocycles. The quantitative estimate of drug-likeness (QED) is 0.775. The monoisotopic (exact) mass is 365 g/mol. The van der Waals surface area contributed by atoms with Crippen molar-refractivity contribution in [2.24, 2.45) is 7.05 Å². The predicted molar refractivity (Wildman–Crippen MR) is 103 cm³/mol. The number of rotatable bonds is 3. The number of aryl methyl sites for hydroxylation is 2. The molecule has 0 unspecified atom stereocenters.